The lowest BCUT2D eigenvalue weighted by Crippen LogP contribution is -1.82. The highest BCUT2D eigenvalue weighted by Crippen LogP contribution is 2.01. The molecular weight excluding hydrogens is 272 g/mol. The van der Waals surface area contributed by atoms with Crippen molar-refractivity contribution in [3.05, 3.63) is 0 Å². The molecule has 0 aliphatic carbocycles. The molecule has 0 saturated carbocycles. The van der Waals surface area contributed by atoms with E-state index >= 15 is 0 Å². The van der Waals surface area contributed by atoms with Gasteiger partial charge in [0, 0.05) is 0 Å². The Morgan fingerprint density at radius 3 is 1.00 bits per heavy atom. The molecule has 0 aromatic rings. The Balaban J connectivity index is -0.0000000133. The average molecular weight is 279 g/mol. The summed E-state index contributed by atoms with van der Waals surface area (Å²) in [6.45, 7) is 0. The van der Waals surface area contributed by atoms with E-state index in [-0.39, 0.29) is 49.6 Å². The highest BCUT2D eigenvalue weighted by Gasteiger charge is 1.88. The molecule has 0 rings (SSSR count). The molecule has 0 heterocycles. The van der Waals surface area contributed by atoms with E-state index in [2.05, 4.69) is 0 Å². The predicted molar refractivity (Wildman–Crippen MR) is 55.2 cm³/mol. The van der Waals surface area contributed by atoms with E-state index < -0.39 is 4.84 Å². The summed E-state index contributed by atoms with van der Waals surface area (Å²) >= 11 is 15.3. The quantitative estimate of drug-likeness (QED) is 0.642. The topological polar surface area (TPSA) is 0 Å². The lowest BCUT2D eigenvalue weighted by atomic mass is 10.9. The molecule has 7 heteroatoms. The molecule has 0 saturated heterocycles. The monoisotopic (exact) mass is 276 g/mol. The first-order valence-electron chi connectivity index (χ1n) is 1.11. The molecule has 0 radical (unpaired) electrons. The van der Waals surface area contributed by atoms with Crippen LogP contribution in [0.15, 0.2) is 0 Å². The average Bonchev–Trinajstić information content (AvgIpc) is 1.38. The highest BCUT2D eigenvalue weighted by atomic mass is 35.5. The van der Waals surface area contributed by atoms with Crippen LogP contribution in [-0.2, 0) is 0 Å². The van der Waals surface area contributed by atoms with Gasteiger partial charge in [-0.3, -0.25) is 0 Å². The lowest BCUT2D eigenvalue weighted by Gasteiger charge is -1.82. The molecule has 0 spiro atoms. The van der Waals surface area contributed by atoms with Gasteiger partial charge in [-0.25, -0.2) is 0 Å². The smallest absolute Gasteiger partial charge is 0.121 e. The van der Waals surface area contributed by atoms with E-state index in [1.807, 2.05) is 0 Å². The Kier molecular flexibility index (Phi) is 76.3. The molecule has 0 nitrogen and oxygen atoms in total. The van der Waals surface area contributed by atoms with E-state index in [1.165, 1.54) is 0 Å². The van der Waals surface area contributed by atoms with Crippen LogP contribution in [0.4, 0.5) is 0 Å². The van der Waals surface area contributed by atoms with Crippen molar-refractivity contribution in [2.45, 2.75) is 4.84 Å². The standard InChI is InChI=1S/C2H3Cl3.4ClH/c3-1-2(4)5;;;;/h2H,1H2;4*1H. The fourth-order valence-corrected chi connectivity index (χ4v) is 0. The van der Waals surface area contributed by atoms with Gasteiger partial charge in [0.1, 0.15) is 4.84 Å². The number of hydrogen-bond donors (Lipinski definition) is 0. The first kappa shape index (κ1) is 30.5. The molecule has 0 unspecified atom stereocenters. The Hall–Kier alpha value is 2.03. The van der Waals surface area contributed by atoms with Crippen molar-refractivity contribution < 1.29 is 0 Å². The summed E-state index contributed by atoms with van der Waals surface area (Å²) in [5.74, 6) is 0.309. The van der Waals surface area contributed by atoms with Crippen LogP contribution in [0.25, 0.3) is 0 Å². The van der Waals surface area contributed by atoms with Crippen LogP contribution in [0.3, 0.4) is 0 Å². The maximum Gasteiger partial charge on any atom is 0.121 e. The third kappa shape index (κ3) is 39.8. The third-order valence-electron chi connectivity index (χ3n) is 0.117. The summed E-state index contributed by atoms with van der Waals surface area (Å²) < 4.78 is 0. The van der Waals surface area contributed by atoms with Crippen molar-refractivity contribution in [2.24, 2.45) is 0 Å². The van der Waals surface area contributed by atoms with Crippen molar-refractivity contribution >= 4 is 84.4 Å². The second kappa shape index (κ2) is 22.5. The fourth-order valence-electron chi connectivity index (χ4n) is 0. The zero-order valence-corrected chi connectivity index (χ0v) is 9.59. The van der Waals surface area contributed by atoms with E-state index in [4.69, 9.17) is 34.8 Å². The van der Waals surface area contributed by atoms with E-state index in [0.717, 1.165) is 0 Å². The molecule has 0 bridgehead atoms. The minimum absolute atomic E-state index is 0. The summed E-state index contributed by atoms with van der Waals surface area (Å²) in [6.07, 6.45) is 0. The van der Waals surface area contributed by atoms with Gasteiger partial charge in [-0.2, -0.15) is 0 Å². The van der Waals surface area contributed by atoms with Crippen LogP contribution in [-0.4, -0.2) is 10.7 Å². The molecule has 0 N–H and O–H groups in total. The van der Waals surface area contributed by atoms with Gasteiger partial charge in [0.15, 0.2) is 0 Å². The van der Waals surface area contributed by atoms with Gasteiger partial charge in [0.2, 0.25) is 0 Å². The summed E-state index contributed by atoms with van der Waals surface area (Å²) in [5, 5.41) is 0. The first-order valence-corrected chi connectivity index (χ1v) is 2.52. The first-order chi connectivity index (χ1) is 2.27. The van der Waals surface area contributed by atoms with E-state index in [9.17, 15) is 0 Å². The van der Waals surface area contributed by atoms with Gasteiger partial charge in [-0.1, -0.05) is 0 Å². The van der Waals surface area contributed by atoms with Gasteiger partial charge in [-0.05, 0) is 0 Å². The third-order valence-corrected chi connectivity index (χ3v) is 1.05. The SMILES string of the molecule is Cl.Cl.Cl.Cl.ClCC(Cl)Cl. The van der Waals surface area contributed by atoms with Gasteiger partial charge in [0.25, 0.3) is 0 Å². The number of halogens is 7. The van der Waals surface area contributed by atoms with Crippen LogP contribution < -0.4 is 0 Å². The Bertz CT molecular complexity index is 20.9. The summed E-state index contributed by atoms with van der Waals surface area (Å²) in [6, 6.07) is 0. The van der Waals surface area contributed by atoms with Crippen LogP contribution >= 0.6 is 84.4 Å². The maximum atomic E-state index is 5.10. The van der Waals surface area contributed by atoms with Crippen molar-refractivity contribution in [3.63, 3.8) is 0 Å². The molecule has 0 atom stereocenters. The lowest BCUT2D eigenvalue weighted by molar-refractivity contribution is 1.40. The molecule has 0 aliphatic rings. The second-order valence-corrected chi connectivity index (χ2v) is 2.13. The number of alkyl halides is 3. The molecule has 0 aromatic carbocycles. The van der Waals surface area contributed by atoms with Crippen molar-refractivity contribution in [3.8, 4) is 0 Å². The zero-order chi connectivity index (χ0) is 4.28. The van der Waals surface area contributed by atoms with Crippen molar-refractivity contribution in [2.75, 3.05) is 5.88 Å². The number of hydrogen-bond acceptors (Lipinski definition) is 0. The summed E-state index contributed by atoms with van der Waals surface area (Å²) in [5.41, 5.74) is 0. The van der Waals surface area contributed by atoms with Crippen LogP contribution in [0.2, 0.25) is 0 Å². The molecular formula is C2H7Cl7. The van der Waals surface area contributed by atoms with Gasteiger partial charge in [0.05, 0.1) is 5.88 Å². The minimum Gasteiger partial charge on any atom is -0.147 e. The fraction of sp³-hybridized carbons (Fsp3) is 1.00. The summed E-state index contributed by atoms with van der Waals surface area (Å²) in [4.78, 5) is -0.406. The Labute approximate surface area is 94.6 Å². The number of rotatable bonds is 1. The summed E-state index contributed by atoms with van der Waals surface area (Å²) in [7, 11) is 0. The zero-order valence-electron chi connectivity index (χ0n) is 4.05. The predicted octanol–water partition coefficient (Wildman–Crippen LogP) is 3.72. The minimum atomic E-state index is -0.406. The van der Waals surface area contributed by atoms with Crippen molar-refractivity contribution in [1.82, 2.24) is 0 Å². The van der Waals surface area contributed by atoms with Gasteiger partial charge >= 0.3 is 0 Å². The molecule has 0 aromatic heterocycles. The van der Waals surface area contributed by atoms with E-state index in [1.54, 1.807) is 0 Å². The Morgan fingerprint density at radius 1 is 0.889 bits per heavy atom. The molecule has 9 heavy (non-hydrogen) atoms. The Morgan fingerprint density at radius 2 is 1.00 bits per heavy atom. The molecule has 0 aliphatic heterocycles. The van der Waals surface area contributed by atoms with Crippen LogP contribution in [0.1, 0.15) is 0 Å². The largest absolute Gasteiger partial charge is 0.147 e. The maximum absolute atomic E-state index is 5.10. The van der Waals surface area contributed by atoms with Crippen LogP contribution in [0, 0.1) is 0 Å². The normalized spacial score (nSPS) is 5.33. The van der Waals surface area contributed by atoms with E-state index in [0.29, 0.717) is 5.88 Å². The molecule has 64 valence electrons. The van der Waals surface area contributed by atoms with Gasteiger partial charge in [-0.15, -0.1) is 84.4 Å². The van der Waals surface area contributed by atoms with Crippen LogP contribution in [0.5, 0.6) is 0 Å². The second-order valence-electron chi connectivity index (χ2n) is 0.545. The molecule has 0 fully saturated rings. The highest BCUT2D eigenvalue weighted by molar-refractivity contribution is 6.47. The molecule has 0 amide bonds. The van der Waals surface area contributed by atoms with Crippen molar-refractivity contribution in [1.29, 1.82) is 0 Å². The van der Waals surface area contributed by atoms with Gasteiger partial charge < -0.3 is 0 Å².